The minimum atomic E-state index is 0.493. The molecule has 13 heavy (non-hydrogen) atoms. The first kappa shape index (κ1) is 12.2. The van der Waals surface area contributed by atoms with E-state index in [9.17, 15) is 0 Å². The number of rotatable bonds is 2. The lowest BCUT2D eigenvalue weighted by molar-refractivity contribution is 0.509. The minimum absolute atomic E-state index is 0.493. The van der Waals surface area contributed by atoms with Crippen LogP contribution in [-0.2, 0) is 6.54 Å². The van der Waals surface area contributed by atoms with Gasteiger partial charge in [-0.2, -0.15) is 0 Å². The first-order chi connectivity index (χ1) is 6.15. The molecule has 1 aromatic rings. The Bertz CT molecular complexity index is 216. The van der Waals surface area contributed by atoms with Crippen LogP contribution in [0.3, 0.4) is 0 Å². The van der Waals surface area contributed by atoms with E-state index < -0.39 is 0 Å². The highest BCUT2D eigenvalue weighted by Gasteiger charge is 2.02. The molecule has 1 rings (SSSR count). The summed E-state index contributed by atoms with van der Waals surface area (Å²) in [6.45, 7) is 9.00. The third-order valence-electron chi connectivity index (χ3n) is 1.54. The first-order valence-corrected chi connectivity index (χ1v) is 4.93. The van der Waals surface area contributed by atoms with Crippen LogP contribution in [0.15, 0.2) is 16.7 Å². The average Bonchev–Trinajstić information content (AvgIpc) is 2.53. The first-order valence-electron chi connectivity index (χ1n) is 4.93. The van der Waals surface area contributed by atoms with Gasteiger partial charge in [0.05, 0.1) is 12.8 Å². The van der Waals surface area contributed by atoms with E-state index in [-0.39, 0.29) is 0 Å². The largest absolute Gasteiger partial charge is 0.468 e. The quantitative estimate of drug-likeness (QED) is 0.764. The Hall–Kier alpha value is -0.760. The summed E-state index contributed by atoms with van der Waals surface area (Å²) in [6.07, 6.45) is 3.02. The normalized spacial score (nSPS) is 9.69. The van der Waals surface area contributed by atoms with Crippen LogP contribution in [0.5, 0.6) is 0 Å². The van der Waals surface area contributed by atoms with Crippen molar-refractivity contribution in [1.82, 2.24) is 0 Å². The molecule has 0 saturated heterocycles. The van der Waals surface area contributed by atoms with Crippen molar-refractivity contribution in [3.05, 3.63) is 23.7 Å². The molecule has 0 unspecified atom stereocenters. The zero-order chi connectivity index (χ0) is 10.3. The van der Waals surface area contributed by atoms with Crippen LogP contribution in [0.4, 0.5) is 0 Å². The fraction of sp³-hybridized carbons (Fsp3) is 0.636. The monoisotopic (exact) mass is 183 g/mol. The third kappa shape index (κ3) is 4.73. The van der Waals surface area contributed by atoms with Gasteiger partial charge in [0, 0.05) is 0 Å². The van der Waals surface area contributed by atoms with Gasteiger partial charge in [0.2, 0.25) is 0 Å². The molecule has 0 aliphatic heterocycles. The number of hydrogen-bond donors (Lipinski definition) is 1. The Labute approximate surface area is 81.1 Å². The lowest BCUT2D eigenvalue weighted by Crippen LogP contribution is -1.93. The van der Waals surface area contributed by atoms with Gasteiger partial charge in [0.1, 0.15) is 5.76 Å². The maximum Gasteiger partial charge on any atom is 0.117 e. The predicted molar refractivity (Wildman–Crippen MR) is 56.7 cm³/mol. The summed E-state index contributed by atoms with van der Waals surface area (Å²) in [4.78, 5) is 0. The van der Waals surface area contributed by atoms with Crippen molar-refractivity contribution in [3.63, 3.8) is 0 Å². The SMILES string of the molecule is CC(C)c1coc(CN)c1.CCC. The van der Waals surface area contributed by atoms with E-state index >= 15 is 0 Å². The lowest BCUT2D eigenvalue weighted by atomic mass is 10.1. The third-order valence-corrected chi connectivity index (χ3v) is 1.54. The molecule has 0 atom stereocenters. The van der Waals surface area contributed by atoms with E-state index in [1.807, 2.05) is 6.07 Å². The van der Waals surface area contributed by atoms with Crippen molar-refractivity contribution in [3.8, 4) is 0 Å². The van der Waals surface area contributed by atoms with Gasteiger partial charge in [-0.25, -0.2) is 0 Å². The second kappa shape index (κ2) is 6.72. The van der Waals surface area contributed by atoms with Crippen LogP contribution in [0, 0.1) is 0 Å². The second-order valence-corrected chi connectivity index (χ2v) is 3.41. The van der Waals surface area contributed by atoms with Gasteiger partial charge in [-0.15, -0.1) is 0 Å². The van der Waals surface area contributed by atoms with Crippen molar-refractivity contribution in [2.24, 2.45) is 5.73 Å². The summed E-state index contributed by atoms with van der Waals surface area (Å²) in [5.74, 6) is 1.40. The van der Waals surface area contributed by atoms with Gasteiger partial charge < -0.3 is 10.2 Å². The topological polar surface area (TPSA) is 39.2 Å². The molecule has 0 spiro atoms. The number of hydrogen-bond acceptors (Lipinski definition) is 2. The average molecular weight is 183 g/mol. The van der Waals surface area contributed by atoms with Gasteiger partial charge in [-0.05, 0) is 17.5 Å². The van der Waals surface area contributed by atoms with Crippen molar-refractivity contribution >= 4 is 0 Å². The number of nitrogens with two attached hydrogens (primary N) is 1. The van der Waals surface area contributed by atoms with E-state index in [2.05, 4.69) is 27.7 Å². The predicted octanol–water partition coefficient (Wildman–Crippen LogP) is 3.28. The second-order valence-electron chi connectivity index (χ2n) is 3.41. The molecule has 1 heterocycles. The highest BCUT2D eigenvalue weighted by Crippen LogP contribution is 2.16. The molecule has 0 bridgehead atoms. The highest BCUT2D eigenvalue weighted by atomic mass is 16.3. The standard InChI is InChI=1S/C8H13NO.C3H8/c1-6(2)7-3-8(4-9)10-5-7;1-3-2/h3,5-6H,4,9H2,1-2H3;3H2,1-2H3. The molecule has 0 fully saturated rings. The molecule has 0 aliphatic rings. The summed E-state index contributed by atoms with van der Waals surface area (Å²) in [5.41, 5.74) is 6.59. The van der Waals surface area contributed by atoms with Crippen LogP contribution in [0.1, 0.15) is 51.4 Å². The summed E-state index contributed by atoms with van der Waals surface area (Å²) in [5, 5.41) is 0. The van der Waals surface area contributed by atoms with Crippen LogP contribution >= 0.6 is 0 Å². The molecule has 2 N–H and O–H groups in total. The molecule has 0 radical (unpaired) electrons. The Balaban J connectivity index is 0.000000424. The zero-order valence-corrected chi connectivity index (χ0v) is 9.13. The van der Waals surface area contributed by atoms with E-state index in [1.165, 1.54) is 12.0 Å². The molecule has 76 valence electrons. The van der Waals surface area contributed by atoms with Gasteiger partial charge in [-0.3, -0.25) is 0 Å². The van der Waals surface area contributed by atoms with Crippen LogP contribution in [0.25, 0.3) is 0 Å². The molecule has 0 aliphatic carbocycles. The summed E-state index contributed by atoms with van der Waals surface area (Å²) >= 11 is 0. The van der Waals surface area contributed by atoms with Crippen molar-refractivity contribution in [2.45, 2.75) is 46.6 Å². The Morgan fingerprint density at radius 2 is 1.92 bits per heavy atom. The maximum atomic E-state index is 5.37. The van der Waals surface area contributed by atoms with Crippen LogP contribution < -0.4 is 5.73 Å². The summed E-state index contributed by atoms with van der Waals surface area (Å²) in [6, 6.07) is 2.00. The summed E-state index contributed by atoms with van der Waals surface area (Å²) < 4.78 is 5.15. The fourth-order valence-electron chi connectivity index (χ4n) is 0.807. The van der Waals surface area contributed by atoms with Gasteiger partial charge >= 0.3 is 0 Å². The minimum Gasteiger partial charge on any atom is -0.468 e. The molecule has 2 heteroatoms. The van der Waals surface area contributed by atoms with E-state index in [1.54, 1.807) is 6.26 Å². The molecular weight excluding hydrogens is 162 g/mol. The molecule has 0 saturated carbocycles. The molecular formula is C11H21NO. The van der Waals surface area contributed by atoms with Crippen molar-refractivity contribution in [2.75, 3.05) is 0 Å². The Morgan fingerprint density at radius 3 is 2.15 bits per heavy atom. The number of furan rings is 1. The van der Waals surface area contributed by atoms with Crippen LogP contribution in [0.2, 0.25) is 0 Å². The molecule has 0 amide bonds. The van der Waals surface area contributed by atoms with E-state index in [0.717, 1.165) is 5.76 Å². The zero-order valence-electron chi connectivity index (χ0n) is 9.13. The Morgan fingerprint density at radius 1 is 1.38 bits per heavy atom. The van der Waals surface area contributed by atoms with Crippen molar-refractivity contribution < 1.29 is 4.42 Å². The fourth-order valence-corrected chi connectivity index (χ4v) is 0.807. The van der Waals surface area contributed by atoms with E-state index in [0.29, 0.717) is 12.5 Å². The van der Waals surface area contributed by atoms with Gasteiger partial charge in [0.15, 0.2) is 0 Å². The molecule has 2 nitrogen and oxygen atoms in total. The van der Waals surface area contributed by atoms with Gasteiger partial charge in [0.25, 0.3) is 0 Å². The van der Waals surface area contributed by atoms with Crippen molar-refractivity contribution in [1.29, 1.82) is 0 Å². The molecule has 1 aromatic heterocycles. The van der Waals surface area contributed by atoms with Crippen LogP contribution in [-0.4, -0.2) is 0 Å². The van der Waals surface area contributed by atoms with E-state index in [4.69, 9.17) is 10.2 Å². The highest BCUT2D eigenvalue weighted by molar-refractivity contribution is 5.15. The molecule has 0 aromatic carbocycles. The smallest absolute Gasteiger partial charge is 0.117 e. The van der Waals surface area contributed by atoms with Gasteiger partial charge in [-0.1, -0.05) is 34.1 Å². The summed E-state index contributed by atoms with van der Waals surface area (Å²) in [7, 11) is 0. The lowest BCUT2D eigenvalue weighted by Gasteiger charge is -1.95. The Kier molecular flexibility index (Phi) is 6.33. The maximum absolute atomic E-state index is 5.37.